The first-order chi connectivity index (χ1) is 11.5. The molecule has 0 saturated heterocycles. The zero-order valence-electron chi connectivity index (χ0n) is 13.4. The lowest BCUT2D eigenvalue weighted by Crippen LogP contribution is -2.14. The average molecular weight is 325 g/mol. The first-order valence-electron chi connectivity index (χ1n) is 7.20. The van der Waals surface area contributed by atoms with E-state index in [-0.39, 0.29) is 11.9 Å². The minimum absolute atomic E-state index is 0.194. The Morgan fingerprint density at radius 1 is 1.12 bits per heavy atom. The number of ether oxygens (including phenoxy) is 1. The molecule has 3 aromatic rings. The number of carbonyl (C=O) groups excluding carboxylic acids is 1. The molecule has 0 aliphatic heterocycles. The second kappa shape index (κ2) is 6.11. The molecule has 122 valence electrons. The maximum atomic E-state index is 12.3. The summed E-state index contributed by atoms with van der Waals surface area (Å²) in [6.45, 7) is 3.64. The molecular formula is C17H15N3O4. The van der Waals surface area contributed by atoms with Crippen molar-refractivity contribution in [3.05, 3.63) is 57.7 Å². The molecule has 1 aromatic carbocycles. The fraction of sp³-hybridized carbons (Fsp3) is 0.176. The number of aryl methyl sites for hydroxylation is 2. The van der Waals surface area contributed by atoms with Gasteiger partial charge in [0.25, 0.3) is 5.91 Å². The van der Waals surface area contributed by atoms with Gasteiger partial charge in [-0.15, -0.1) is 0 Å². The van der Waals surface area contributed by atoms with Crippen molar-refractivity contribution in [2.75, 3.05) is 12.4 Å². The Morgan fingerprint density at radius 3 is 2.50 bits per heavy atom. The highest BCUT2D eigenvalue weighted by Crippen LogP contribution is 2.25. The van der Waals surface area contributed by atoms with Gasteiger partial charge in [0.05, 0.1) is 12.7 Å². The number of benzene rings is 1. The Hall–Kier alpha value is -3.22. The molecule has 7 heteroatoms. The van der Waals surface area contributed by atoms with E-state index in [1.807, 2.05) is 13.8 Å². The summed E-state index contributed by atoms with van der Waals surface area (Å²) in [5, 5.41) is 3.58. The molecule has 0 saturated carbocycles. The summed E-state index contributed by atoms with van der Waals surface area (Å²) in [5.41, 5.74) is 2.59. The van der Waals surface area contributed by atoms with Crippen LogP contribution in [0.2, 0.25) is 0 Å². The van der Waals surface area contributed by atoms with E-state index in [1.54, 1.807) is 12.1 Å². The lowest BCUT2D eigenvalue weighted by atomic mass is 10.1. The first-order valence-corrected chi connectivity index (χ1v) is 7.20. The summed E-state index contributed by atoms with van der Waals surface area (Å²) in [6, 6.07) is 5.12. The van der Waals surface area contributed by atoms with Gasteiger partial charge in [0.2, 0.25) is 0 Å². The summed E-state index contributed by atoms with van der Waals surface area (Å²) >= 11 is 0. The number of fused-ring (bicyclic) bond motifs is 1. The van der Waals surface area contributed by atoms with Crippen molar-refractivity contribution in [3.8, 4) is 6.01 Å². The van der Waals surface area contributed by atoms with E-state index in [0.29, 0.717) is 16.8 Å². The van der Waals surface area contributed by atoms with Crippen LogP contribution in [0, 0.1) is 13.8 Å². The molecule has 0 aliphatic carbocycles. The maximum absolute atomic E-state index is 12.3. The fourth-order valence-electron chi connectivity index (χ4n) is 2.33. The lowest BCUT2D eigenvalue weighted by molar-refractivity contribution is 0.102. The molecule has 0 spiro atoms. The third-order valence-electron chi connectivity index (χ3n) is 3.62. The standard InChI is InChI=1S/C17H15N3O4/c1-9-5-15(21)24-14-4-10(2)13(6-12(9)14)20-16(22)11-7-18-17(23-3)19-8-11/h4-8H,1-3H3,(H,20,22). The largest absolute Gasteiger partial charge is 0.467 e. The summed E-state index contributed by atoms with van der Waals surface area (Å²) in [6.07, 6.45) is 2.78. The van der Waals surface area contributed by atoms with Crippen molar-refractivity contribution in [1.82, 2.24) is 9.97 Å². The molecule has 1 N–H and O–H groups in total. The molecule has 24 heavy (non-hydrogen) atoms. The summed E-state index contributed by atoms with van der Waals surface area (Å²) in [7, 11) is 1.45. The third-order valence-corrected chi connectivity index (χ3v) is 3.62. The highest BCUT2D eigenvalue weighted by molar-refractivity contribution is 6.05. The van der Waals surface area contributed by atoms with E-state index in [1.165, 1.54) is 25.6 Å². The second-order valence-corrected chi connectivity index (χ2v) is 5.32. The van der Waals surface area contributed by atoms with Crippen molar-refractivity contribution >= 4 is 22.6 Å². The van der Waals surface area contributed by atoms with Crippen LogP contribution in [0.5, 0.6) is 6.01 Å². The van der Waals surface area contributed by atoms with E-state index in [0.717, 1.165) is 16.5 Å². The van der Waals surface area contributed by atoms with Crippen LogP contribution < -0.4 is 15.7 Å². The molecule has 3 rings (SSSR count). The Balaban J connectivity index is 1.95. The zero-order chi connectivity index (χ0) is 17.3. The molecule has 0 atom stereocenters. The normalized spacial score (nSPS) is 10.6. The number of hydrogen-bond acceptors (Lipinski definition) is 6. The van der Waals surface area contributed by atoms with E-state index in [2.05, 4.69) is 15.3 Å². The quantitative estimate of drug-likeness (QED) is 0.743. The van der Waals surface area contributed by atoms with Gasteiger partial charge >= 0.3 is 11.6 Å². The van der Waals surface area contributed by atoms with Crippen molar-refractivity contribution in [3.63, 3.8) is 0 Å². The number of nitrogens with one attached hydrogen (secondary N) is 1. The summed E-state index contributed by atoms with van der Waals surface area (Å²) in [5.74, 6) is -0.338. The Labute approximate surface area is 137 Å². The number of nitrogens with zero attached hydrogens (tertiary/aromatic N) is 2. The molecule has 0 bridgehead atoms. The van der Waals surface area contributed by atoms with Crippen molar-refractivity contribution in [2.45, 2.75) is 13.8 Å². The second-order valence-electron chi connectivity index (χ2n) is 5.32. The minimum atomic E-state index is -0.397. The number of rotatable bonds is 3. The maximum Gasteiger partial charge on any atom is 0.336 e. The molecular weight excluding hydrogens is 310 g/mol. The van der Waals surface area contributed by atoms with Crippen LogP contribution in [0.4, 0.5) is 5.69 Å². The number of hydrogen-bond donors (Lipinski definition) is 1. The smallest absolute Gasteiger partial charge is 0.336 e. The van der Waals surface area contributed by atoms with Crippen molar-refractivity contribution in [1.29, 1.82) is 0 Å². The number of carbonyl (C=O) groups is 1. The van der Waals surface area contributed by atoms with E-state index in [4.69, 9.17) is 9.15 Å². The summed E-state index contributed by atoms with van der Waals surface area (Å²) in [4.78, 5) is 31.6. The van der Waals surface area contributed by atoms with Gasteiger partial charge in [-0.25, -0.2) is 14.8 Å². The van der Waals surface area contributed by atoms with Crippen molar-refractivity contribution in [2.24, 2.45) is 0 Å². The predicted octanol–water partition coefficient (Wildman–Crippen LogP) is 2.46. The molecule has 0 unspecified atom stereocenters. The number of methoxy groups -OCH3 is 1. The Bertz CT molecular complexity index is 978. The lowest BCUT2D eigenvalue weighted by Gasteiger charge is -2.10. The van der Waals surface area contributed by atoms with Gasteiger partial charge in [-0.2, -0.15) is 0 Å². The number of amides is 1. The van der Waals surface area contributed by atoms with Gasteiger partial charge in [-0.05, 0) is 37.1 Å². The topological polar surface area (TPSA) is 94.3 Å². The highest BCUT2D eigenvalue weighted by Gasteiger charge is 2.12. The molecule has 1 amide bonds. The van der Waals surface area contributed by atoms with E-state index >= 15 is 0 Å². The molecule has 0 radical (unpaired) electrons. The molecule has 0 aliphatic rings. The van der Waals surface area contributed by atoms with Crippen LogP contribution in [-0.2, 0) is 0 Å². The predicted molar refractivity (Wildman–Crippen MR) is 88.5 cm³/mol. The van der Waals surface area contributed by atoms with Crippen LogP contribution in [0.3, 0.4) is 0 Å². The molecule has 2 aromatic heterocycles. The molecule has 7 nitrogen and oxygen atoms in total. The Morgan fingerprint density at radius 2 is 1.83 bits per heavy atom. The number of aromatic nitrogens is 2. The third kappa shape index (κ3) is 2.96. The average Bonchev–Trinajstić information content (AvgIpc) is 2.56. The monoisotopic (exact) mass is 325 g/mol. The Kier molecular flexibility index (Phi) is 3.99. The number of anilines is 1. The van der Waals surface area contributed by atoms with Gasteiger partial charge < -0.3 is 14.5 Å². The van der Waals surface area contributed by atoms with Crippen LogP contribution in [0.15, 0.2) is 39.8 Å². The molecule has 0 fully saturated rings. The van der Waals surface area contributed by atoms with Gasteiger partial charge in [-0.3, -0.25) is 4.79 Å². The first kappa shape index (κ1) is 15.7. The summed E-state index contributed by atoms with van der Waals surface area (Å²) < 4.78 is 10.1. The molecule has 2 heterocycles. The van der Waals surface area contributed by atoms with Crippen molar-refractivity contribution < 1.29 is 13.9 Å². The minimum Gasteiger partial charge on any atom is -0.467 e. The van der Waals surface area contributed by atoms with E-state index in [9.17, 15) is 9.59 Å². The zero-order valence-corrected chi connectivity index (χ0v) is 13.4. The SMILES string of the molecule is COc1ncc(C(=O)Nc2cc3c(C)cc(=O)oc3cc2C)cn1. The highest BCUT2D eigenvalue weighted by atomic mass is 16.5. The van der Waals surface area contributed by atoms with Crippen LogP contribution >= 0.6 is 0 Å². The van der Waals surface area contributed by atoms with Crippen LogP contribution in [0.25, 0.3) is 11.0 Å². The van der Waals surface area contributed by atoms with Gasteiger partial charge in [-0.1, -0.05) is 0 Å². The van der Waals surface area contributed by atoms with E-state index < -0.39 is 5.63 Å². The van der Waals surface area contributed by atoms with Gasteiger partial charge in [0, 0.05) is 29.5 Å². The fourth-order valence-corrected chi connectivity index (χ4v) is 2.33. The van der Waals surface area contributed by atoms with Gasteiger partial charge in [0.1, 0.15) is 5.58 Å². The van der Waals surface area contributed by atoms with Crippen LogP contribution in [0.1, 0.15) is 21.5 Å². The van der Waals surface area contributed by atoms with Crippen LogP contribution in [-0.4, -0.2) is 23.0 Å². The van der Waals surface area contributed by atoms with Gasteiger partial charge in [0.15, 0.2) is 0 Å².